The summed E-state index contributed by atoms with van der Waals surface area (Å²) in [5, 5.41) is 12.1. The minimum absolute atomic E-state index is 0.538. The highest BCUT2D eigenvalue weighted by atomic mass is 79.9. The number of aromatic nitrogens is 3. The Morgan fingerprint density at radius 1 is 1.15 bits per heavy atom. The van der Waals surface area contributed by atoms with E-state index in [1.165, 1.54) is 16.5 Å². The fraction of sp³-hybridized carbons (Fsp3) is 0.200. The van der Waals surface area contributed by atoms with Crippen LogP contribution in [0.1, 0.15) is 17.5 Å². The predicted molar refractivity (Wildman–Crippen MR) is 140 cm³/mol. The summed E-state index contributed by atoms with van der Waals surface area (Å²) < 4.78 is 0.813. The topological polar surface area (TPSA) is 77.7 Å². The van der Waals surface area contributed by atoms with Crippen LogP contribution in [0.2, 0.25) is 5.02 Å². The maximum absolute atomic E-state index is 6.27. The molecule has 2 aromatic carbocycles. The van der Waals surface area contributed by atoms with Crippen LogP contribution in [0.25, 0.3) is 16.5 Å². The standard InChI is InChI=1S/C25H24BrClN6/c26-21-15-31-25(33-24(21)29-12-9-17-3-1-2-4-22(17)27)32-18-5-6-23-19(13-18)20(14-30-23)16-7-10-28-11-8-16/h1-7,13-15,28,30H,8-12H2,(H2,29,31,32,33). The van der Waals surface area contributed by atoms with Crippen LogP contribution in [0.4, 0.5) is 17.5 Å². The van der Waals surface area contributed by atoms with E-state index in [-0.39, 0.29) is 0 Å². The molecule has 33 heavy (non-hydrogen) atoms. The molecule has 0 atom stereocenters. The molecule has 3 heterocycles. The molecule has 0 saturated carbocycles. The van der Waals surface area contributed by atoms with E-state index in [4.69, 9.17) is 11.6 Å². The lowest BCUT2D eigenvalue weighted by Crippen LogP contribution is -2.19. The molecule has 0 spiro atoms. The van der Waals surface area contributed by atoms with Crippen LogP contribution in [-0.2, 0) is 6.42 Å². The van der Waals surface area contributed by atoms with Crippen LogP contribution >= 0.6 is 27.5 Å². The Hall–Kier alpha value is -2.87. The molecule has 0 amide bonds. The lowest BCUT2D eigenvalue weighted by Gasteiger charge is -2.14. The predicted octanol–water partition coefficient (Wildman–Crippen LogP) is 6.15. The number of hydrogen-bond donors (Lipinski definition) is 4. The van der Waals surface area contributed by atoms with E-state index in [1.54, 1.807) is 6.20 Å². The van der Waals surface area contributed by atoms with Crippen molar-refractivity contribution in [2.75, 3.05) is 30.3 Å². The van der Waals surface area contributed by atoms with Gasteiger partial charge in [-0.25, -0.2) is 4.98 Å². The van der Waals surface area contributed by atoms with Gasteiger partial charge in [0.25, 0.3) is 0 Å². The molecule has 0 radical (unpaired) electrons. The highest BCUT2D eigenvalue weighted by Gasteiger charge is 2.12. The average molecular weight is 524 g/mol. The summed E-state index contributed by atoms with van der Waals surface area (Å²) in [6.07, 6.45) is 7.96. The van der Waals surface area contributed by atoms with E-state index in [9.17, 15) is 0 Å². The first-order valence-electron chi connectivity index (χ1n) is 11.0. The number of benzene rings is 2. The molecule has 8 heteroatoms. The maximum Gasteiger partial charge on any atom is 0.229 e. The van der Waals surface area contributed by atoms with E-state index in [1.807, 2.05) is 30.3 Å². The summed E-state index contributed by atoms with van der Waals surface area (Å²) >= 11 is 9.81. The number of aromatic amines is 1. The summed E-state index contributed by atoms with van der Waals surface area (Å²) in [5.74, 6) is 1.28. The summed E-state index contributed by atoms with van der Waals surface area (Å²) in [6, 6.07) is 14.2. The molecule has 0 aliphatic carbocycles. The summed E-state index contributed by atoms with van der Waals surface area (Å²) in [5.41, 5.74) is 5.81. The van der Waals surface area contributed by atoms with Crippen LogP contribution in [0.3, 0.4) is 0 Å². The number of nitrogens with zero attached hydrogens (tertiary/aromatic N) is 2. The molecule has 4 aromatic rings. The molecule has 6 nitrogen and oxygen atoms in total. The Kier molecular flexibility index (Phi) is 6.62. The fourth-order valence-corrected chi connectivity index (χ4v) is 4.59. The smallest absolute Gasteiger partial charge is 0.229 e. The minimum Gasteiger partial charge on any atom is -0.369 e. The first kappa shape index (κ1) is 21.9. The number of hydrogen-bond acceptors (Lipinski definition) is 5. The molecule has 1 aliphatic rings. The van der Waals surface area contributed by atoms with Crippen molar-refractivity contribution in [1.82, 2.24) is 20.3 Å². The van der Waals surface area contributed by atoms with Crippen molar-refractivity contribution < 1.29 is 0 Å². The number of nitrogens with one attached hydrogen (secondary N) is 4. The van der Waals surface area contributed by atoms with Crippen molar-refractivity contribution in [3.05, 3.63) is 81.6 Å². The Labute approximate surface area is 206 Å². The van der Waals surface area contributed by atoms with E-state index in [2.05, 4.69) is 71.2 Å². The molecule has 0 fully saturated rings. The van der Waals surface area contributed by atoms with Gasteiger partial charge in [0.1, 0.15) is 5.82 Å². The van der Waals surface area contributed by atoms with E-state index in [0.717, 1.165) is 58.0 Å². The van der Waals surface area contributed by atoms with E-state index in [0.29, 0.717) is 12.5 Å². The average Bonchev–Trinajstić information content (AvgIpc) is 3.26. The minimum atomic E-state index is 0.538. The lowest BCUT2D eigenvalue weighted by molar-refractivity contribution is 0.739. The van der Waals surface area contributed by atoms with Crippen molar-refractivity contribution in [3.8, 4) is 0 Å². The number of H-pyrrole nitrogens is 1. The van der Waals surface area contributed by atoms with Gasteiger partial charge >= 0.3 is 0 Å². The quantitative estimate of drug-likeness (QED) is 0.234. The third kappa shape index (κ3) is 5.05. The Morgan fingerprint density at radius 2 is 2.06 bits per heavy atom. The number of anilines is 3. The number of halogens is 2. The zero-order chi connectivity index (χ0) is 22.6. The first-order chi connectivity index (χ1) is 16.2. The lowest BCUT2D eigenvalue weighted by atomic mass is 9.99. The fourth-order valence-electron chi connectivity index (χ4n) is 4.03. The van der Waals surface area contributed by atoms with Crippen LogP contribution in [-0.4, -0.2) is 34.6 Å². The van der Waals surface area contributed by atoms with Crippen LogP contribution in [0, 0.1) is 0 Å². The van der Waals surface area contributed by atoms with Gasteiger partial charge in [0, 0.05) is 52.7 Å². The molecule has 0 unspecified atom stereocenters. The summed E-state index contributed by atoms with van der Waals surface area (Å²) in [7, 11) is 0. The molecule has 2 aromatic heterocycles. The molecule has 4 N–H and O–H groups in total. The van der Waals surface area contributed by atoms with Gasteiger partial charge in [-0.1, -0.05) is 35.9 Å². The molecule has 0 saturated heterocycles. The van der Waals surface area contributed by atoms with Crippen molar-refractivity contribution in [3.63, 3.8) is 0 Å². The normalized spacial score (nSPS) is 13.7. The van der Waals surface area contributed by atoms with Gasteiger partial charge < -0.3 is 20.9 Å². The molecule has 168 valence electrons. The zero-order valence-corrected chi connectivity index (χ0v) is 20.3. The Balaban J connectivity index is 1.32. The van der Waals surface area contributed by atoms with Crippen molar-refractivity contribution >= 4 is 61.5 Å². The SMILES string of the molecule is Clc1ccccc1CCNc1nc(Nc2ccc3[nH]cc(C4=CCNCC4)c3c2)ncc1Br. The second kappa shape index (κ2) is 9.95. The highest BCUT2D eigenvalue weighted by molar-refractivity contribution is 9.10. The number of rotatable bonds is 7. The maximum atomic E-state index is 6.27. The van der Waals surface area contributed by atoms with Gasteiger partial charge in [0.2, 0.25) is 5.95 Å². The molecule has 1 aliphatic heterocycles. The Bertz CT molecular complexity index is 1320. The molecular formula is C25H24BrClN6. The second-order valence-electron chi connectivity index (χ2n) is 7.93. The summed E-state index contributed by atoms with van der Waals surface area (Å²) in [6.45, 7) is 2.63. The van der Waals surface area contributed by atoms with Crippen molar-refractivity contribution in [2.45, 2.75) is 12.8 Å². The summed E-state index contributed by atoms with van der Waals surface area (Å²) in [4.78, 5) is 12.5. The van der Waals surface area contributed by atoms with Gasteiger partial charge in [-0.15, -0.1) is 0 Å². The molecule has 0 bridgehead atoms. The largest absolute Gasteiger partial charge is 0.369 e. The number of fused-ring (bicyclic) bond motifs is 1. The third-order valence-electron chi connectivity index (χ3n) is 5.74. The van der Waals surface area contributed by atoms with Crippen molar-refractivity contribution in [1.29, 1.82) is 0 Å². The van der Waals surface area contributed by atoms with Crippen LogP contribution in [0.15, 0.2) is 65.4 Å². The van der Waals surface area contributed by atoms with Gasteiger partial charge in [0.05, 0.1) is 4.47 Å². The third-order valence-corrected chi connectivity index (χ3v) is 6.69. The highest BCUT2D eigenvalue weighted by Crippen LogP contribution is 2.31. The monoisotopic (exact) mass is 522 g/mol. The van der Waals surface area contributed by atoms with Gasteiger partial charge in [-0.2, -0.15) is 4.98 Å². The second-order valence-corrected chi connectivity index (χ2v) is 9.19. The van der Waals surface area contributed by atoms with Gasteiger partial charge in [0.15, 0.2) is 0 Å². The Morgan fingerprint density at radius 3 is 2.91 bits per heavy atom. The molecule has 5 rings (SSSR count). The van der Waals surface area contributed by atoms with Crippen molar-refractivity contribution in [2.24, 2.45) is 0 Å². The first-order valence-corrected chi connectivity index (χ1v) is 12.1. The van der Waals surface area contributed by atoms with Gasteiger partial charge in [-0.3, -0.25) is 0 Å². The van der Waals surface area contributed by atoms with E-state index < -0.39 is 0 Å². The van der Waals surface area contributed by atoms with E-state index >= 15 is 0 Å². The van der Waals surface area contributed by atoms with Crippen LogP contribution in [0.5, 0.6) is 0 Å². The van der Waals surface area contributed by atoms with Gasteiger partial charge in [-0.05, 0) is 70.7 Å². The van der Waals surface area contributed by atoms with Crippen LogP contribution < -0.4 is 16.0 Å². The molecular weight excluding hydrogens is 500 g/mol. The zero-order valence-electron chi connectivity index (χ0n) is 18.0.